The van der Waals surface area contributed by atoms with Gasteiger partial charge in [0, 0.05) is 22.3 Å². The number of benzene rings is 1. The van der Waals surface area contributed by atoms with Crippen molar-refractivity contribution in [3.63, 3.8) is 0 Å². The summed E-state index contributed by atoms with van der Waals surface area (Å²) >= 11 is 0. The Bertz CT molecular complexity index is 959. The quantitative estimate of drug-likeness (QED) is 0.260. The van der Waals surface area contributed by atoms with Crippen LogP contribution in [0.5, 0.6) is 5.75 Å². The monoisotopic (exact) mass is 584 g/mol. The van der Waals surface area contributed by atoms with Gasteiger partial charge in [-0.1, -0.05) is 18.2 Å². The number of para-hydroxylation sites is 1. The van der Waals surface area contributed by atoms with E-state index < -0.39 is 43.5 Å². The van der Waals surface area contributed by atoms with Crippen molar-refractivity contribution in [2.45, 2.75) is 109 Å². The SMILES string of the molecule is CC(C)OC(=O)[C@@H](C)NP(=O)(Oc1ccccc1)O[C@@H]1C[C@@](C)(F)[C@H](C)O1.[2H]POC[C@@H]1C[C@@](C)(F)[C@H](C)O1. The first kappa shape index (κ1) is 31.3. The number of esters is 1. The number of halogens is 2. The maximum atomic E-state index is 14.4. The Morgan fingerprint density at radius 1 is 1.16 bits per heavy atom. The van der Waals surface area contributed by atoms with Crippen LogP contribution in [0.4, 0.5) is 8.78 Å². The summed E-state index contributed by atoms with van der Waals surface area (Å²) in [6, 6.07) is 7.37. The fourth-order valence-electron chi connectivity index (χ4n) is 3.73. The van der Waals surface area contributed by atoms with Gasteiger partial charge in [0.15, 0.2) is 6.29 Å². The van der Waals surface area contributed by atoms with Crippen LogP contribution in [-0.2, 0) is 32.6 Å². The molecule has 0 radical (unpaired) electrons. The van der Waals surface area contributed by atoms with Gasteiger partial charge < -0.3 is 23.3 Å². The predicted octanol–water partition coefficient (Wildman–Crippen LogP) is 5.68. The zero-order valence-corrected chi connectivity index (χ0v) is 24.8. The molecule has 0 spiro atoms. The molecule has 2 unspecified atom stereocenters. The van der Waals surface area contributed by atoms with E-state index in [1.807, 2.05) is 0 Å². The van der Waals surface area contributed by atoms with Crippen LogP contribution in [0.25, 0.3) is 0 Å². The summed E-state index contributed by atoms with van der Waals surface area (Å²) in [5.41, 5.74) is -2.86. The van der Waals surface area contributed by atoms with Gasteiger partial charge >= 0.3 is 13.7 Å². The van der Waals surface area contributed by atoms with Crippen LogP contribution in [0.15, 0.2) is 30.3 Å². The van der Waals surface area contributed by atoms with Crippen molar-refractivity contribution in [2.24, 2.45) is 0 Å². The average molecular weight is 585 g/mol. The lowest BCUT2D eigenvalue weighted by atomic mass is 10.00. The second-order valence-electron chi connectivity index (χ2n) is 10.2. The molecule has 1 N–H and O–H groups in total. The van der Waals surface area contributed by atoms with Crippen molar-refractivity contribution in [3.05, 3.63) is 30.3 Å². The second-order valence-corrected chi connectivity index (χ2v) is 12.2. The van der Waals surface area contributed by atoms with Gasteiger partial charge in [0.25, 0.3) is 0 Å². The van der Waals surface area contributed by atoms with Gasteiger partial charge in [0.1, 0.15) is 23.1 Å². The number of carbonyl (C=O) groups excluding carboxylic acids is 1. The molecule has 0 amide bonds. The molecule has 0 aliphatic carbocycles. The molecule has 2 heterocycles. The molecule has 2 saturated heterocycles. The molecular formula is C25H41F2NO8P2. The third-order valence-corrected chi connectivity index (χ3v) is 8.03. The van der Waals surface area contributed by atoms with Gasteiger partial charge in [-0.3, -0.25) is 9.32 Å². The molecule has 9 nitrogen and oxygen atoms in total. The summed E-state index contributed by atoms with van der Waals surface area (Å²) in [5, 5.41) is 2.55. The summed E-state index contributed by atoms with van der Waals surface area (Å²) in [6.45, 7) is 11.5. The average Bonchev–Trinajstić information content (AvgIpc) is 3.23. The predicted molar refractivity (Wildman–Crippen MR) is 142 cm³/mol. The van der Waals surface area contributed by atoms with E-state index in [2.05, 4.69) is 5.09 Å². The van der Waals surface area contributed by atoms with Crippen molar-refractivity contribution < 1.29 is 45.9 Å². The molecule has 0 bridgehead atoms. The number of hydrogen-bond acceptors (Lipinski definition) is 8. The Morgan fingerprint density at radius 3 is 2.26 bits per heavy atom. The topological polar surface area (TPSA) is 102 Å². The highest BCUT2D eigenvalue weighted by Gasteiger charge is 2.47. The molecule has 0 aromatic heterocycles. The Labute approximate surface area is 227 Å². The molecule has 2 aliphatic heterocycles. The van der Waals surface area contributed by atoms with Crippen molar-refractivity contribution in [3.8, 4) is 5.75 Å². The summed E-state index contributed by atoms with van der Waals surface area (Å²) in [7, 11) is -4.36. The number of alkyl halides is 2. The molecule has 218 valence electrons. The van der Waals surface area contributed by atoms with Gasteiger partial charge in [-0.2, -0.15) is 5.09 Å². The van der Waals surface area contributed by atoms with Crippen LogP contribution in [0.2, 0.25) is 0 Å². The molecule has 13 heteroatoms. The van der Waals surface area contributed by atoms with E-state index in [0.717, 1.165) is 0 Å². The van der Waals surface area contributed by atoms with E-state index in [1.165, 1.54) is 13.8 Å². The van der Waals surface area contributed by atoms with Gasteiger partial charge in [-0.25, -0.2) is 13.3 Å². The van der Waals surface area contributed by atoms with Crippen LogP contribution >= 0.6 is 17.2 Å². The van der Waals surface area contributed by atoms with Crippen molar-refractivity contribution in [2.75, 3.05) is 6.61 Å². The fraction of sp³-hybridized carbons (Fsp3) is 0.720. The van der Waals surface area contributed by atoms with E-state index in [1.54, 1.807) is 65.0 Å². The van der Waals surface area contributed by atoms with Gasteiger partial charge in [0.05, 0.1) is 32.3 Å². The van der Waals surface area contributed by atoms with Crippen LogP contribution in [0.3, 0.4) is 0 Å². The van der Waals surface area contributed by atoms with Crippen LogP contribution in [0, 0.1) is 0 Å². The number of nitrogens with one attached hydrogen (secondary N) is 1. The molecule has 2 fully saturated rings. The number of rotatable bonds is 11. The van der Waals surface area contributed by atoms with E-state index in [-0.39, 0.29) is 39.9 Å². The van der Waals surface area contributed by atoms with E-state index >= 15 is 0 Å². The molecule has 3 rings (SSSR count). The number of ether oxygens (including phenoxy) is 3. The molecular weight excluding hydrogens is 542 g/mol. The van der Waals surface area contributed by atoms with Gasteiger partial charge in [-0.05, 0) is 60.6 Å². The third-order valence-electron chi connectivity index (χ3n) is 6.19. The fourth-order valence-corrected chi connectivity index (χ4v) is 5.49. The largest absolute Gasteiger partial charge is 0.462 e. The lowest BCUT2D eigenvalue weighted by Crippen LogP contribution is -2.37. The third kappa shape index (κ3) is 10.1. The van der Waals surface area contributed by atoms with E-state index in [0.29, 0.717) is 13.0 Å². The first-order chi connectivity index (χ1) is 18.1. The van der Waals surface area contributed by atoms with Crippen LogP contribution < -0.4 is 9.61 Å². The summed E-state index contributed by atoms with van der Waals surface area (Å²) < 4.78 is 79.5. The lowest BCUT2D eigenvalue weighted by Gasteiger charge is -2.25. The second kappa shape index (κ2) is 13.9. The summed E-state index contributed by atoms with van der Waals surface area (Å²) in [4.78, 5) is 12.1. The normalized spacial score (nSPS) is 33.9. The van der Waals surface area contributed by atoms with Crippen molar-refractivity contribution in [1.29, 1.82) is 1.28 Å². The Hall–Kier alpha value is -1.19. The number of hydrogen-bond donors (Lipinski definition) is 1. The lowest BCUT2D eigenvalue weighted by molar-refractivity contribution is -0.149. The van der Waals surface area contributed by atoms with E-state index in [9.17, 15) is 18.1 Å². The van der Waals surface area contributed by atoms with Crippen molar-refractivity contribution in [1.82, 2.24) is 5.09 Å². The molecule has 9 atom stereocenters. The molecule has 1 aromatic rings. The molecule has 2 aliphatic rings. The van der Waals surface area contributed by atoms with Crippen LogP contribution in [-0.4, -0.2) is 61.9 Å². The first-order valence-electron chi connectivity index (χ1n) is 13.1. The standard InChI is InChI=1S/C18H27FNO6P.C7H14FO2P/c1-12(2)23-17(21)13(3)20-27(22,25-15-9-7-6-8-10-15)26-16-11-18(5,19)14(4)24-16;1-5-7(2,8)3-6(10-5)4-9-11/h6-10,12-14,16H,11H2,1-5H3,(H,20,22);5-6H,3-4,11H2,1-2H3/t13-,14+,16-,18-,27?;5-,6-,7+/m10/s1/i;11D/t;5-,6-,7+,11?. The van der Waals surface area contributed by atoms with Crippen molar-refractivity contribution >= 4 is 23.1 Å². The minimum atomic E-state index is -4.07. The zero-order chi connectivity index (χ0) is 29.4. The summed E-state index contributed by atoms with van der Waals surface area (Å²) in [5.74, 6) is -0.339. The molecule has 38 heavy (non-hydrogen) atoms. The minimum Gasteiger partial charge on any atom is -0.462 e. The summed E-state index contributed by atoms with van der Waals surface area (Å²) in [6.07, 6.45) is -2.40. The maximum absolute atomic E-state index is 14.4. The highest BCUT2D eigenvalue weighted by Crippen LogP contribution is 2.49. The smallest absolute Gasteiger partial charge is 0.461 e. The highest BCUT2D eigenvalue weighted by atomic mass is 31.2. The van der Waals surface area contributed by atoms with Crippen LogP contribution in [0.1, 0.15) is 61.3 Å². The van der Waals surface area contributed by atoms with Gasteiger partial charge in [0.2, 0.25) is 0 Å². The Kier molecular flexibility index (Phi) is 11.5. The van der Waals surface area contributed by atoms with E-state index in [4.69, 9.17) is 29.1 Å². The number of carbonyl (C=O) groups is 1. The Balaban J connectivity index is 0.000000370. The van der Waals surface area contributed by atoms with Gasteiger partial charge in [-0.15, -0.1) is 0 Å². The highest BCUT2D eigenvalue weighted by molar-refractivity contribution is 7.52. The first-order valence-corrected chi connectivity index (χ1v) is 14.5. The minimum absolute atomic E-state index is 0.108. The Morgan fingerprint density at radius 2 is 1.76 bits per heavy atom. The maximum Gasteiger partial charge on any atom is 0.461 e. The zero-order valence-electron chi connectivity index (χ0n) is 23.9. The molecule has 0 saturated carbocycles. The molecule has 1 aromatic carbocycles.